The Balaban J connectivity index is 1.89. The van der Waals surface area contributed by atoms with Crippen molar-refractivity contribution in [3.63, 3.8) is 0 Å². The fourth-order valence-corrected chi connectivity index (χ4v) is 3.71. The van der Waals surface area contributed by atoms with Crippen molar-refractivity contribution in [2.24, 2.45) is 5.92 Å². The molecule has 2 nitrogen and oxygen atoms in total. The molecule has 1 aliphatic heterocycles. The van der Waals surface area contributed by atoms with Crippen LogP contribution in [0.15, 0.2) is 24.3 Å². The van der Waals surface area contributed by atoms with Gasteiger partial charge in [-0.3, -0.25) is 0 Å². The van der Waals surface area contributed by atoms with Gasteiger partial charge in [0.1, 0.15) is 0 Å². The van der Waals surface area contributed by atoms with Crippen molar-refractivity contribution >= 4 is 17.4 Å². The predicted molar refractivity (Wildman–Crippen MR) is 96.4 cm³/mol. The Bertz CT molecular complexity index is 425. The molecule has 0 saturated carbocycles. The van der Waals surface area contributed by atoms with Gasteiger partial charge in [-0.2, -0.15) is 11.8 Å². The first-order valence-corrected chi connectivity index (χ1v) is 9.13. The van der Waals surface area contributed by atoms with Crippen LogP contribution in [0.4, 0.5) is 5.69 Å². The van der Waals surface area contributed by atoms with E-state index in [-0.39, 0.29) is 0 Å². The molecule has 118 valence electrons. The molecule has 1 aliphatic rings. The summed E-state index contributed by atoms with van der Waals surface area (Å²) in [5, 5.41) is 3.50. The maximum absolute atomic E-state index is 3.50. The zero-order valence-corrected chi connectivity index (χ0v) is 14.8. The number of rotatable bonds is 5. The van der Waals surface area contributed by atoms with Crippen molar-refractivity contribution in [1.82, 2.24) is 5.32 Å². The molecule has 2 rings (SSSR count). The molecular weight excluding hydrogens is 276 g/mol. The number of hydrogen-bond donors (Lipinski definition) is 1. The highest BCUT2D eigenvalue weighted by Crippen LogP contribution is 2.32. The normalized spacial score (nSPS) is 18.8. The van der Waals surface area contributed by atoms with Crippen LogP contribution >= 0.6 is 11.8 Å². The lowest BCUT2D eigenvalue weighted by Crippen LogP contribution is -2.26. The first kappa shape index (κ1) is 16.7. The first-order chi connectivity index (χ1) is 9.96. The third kappa shape index (κ3) is 5.55. The average molecular weight is 307 g/mol. The average Bonchev–Trinajstić information content (AvgIpc) is 2.60. The third-order valence-corrected chi connectivity index (χ3v) is 5.39. The lowest BCUT2D eigenvalue weighted by Gasteiger charge is -2.24. The molecule has 1 heterocycles. The summed E-state index contributed by atoms with van der Waals surface area (Å²) in [6.45, 7) is 13.6. The van der Waals surface area contributed by atoms with Crippen molar-refractivity contribution < 1.29 is 0 Å². The third-order valence-electron chi connectivity index (χ3n) is 4.02. The van der Waals surface area contributed by atoms with Crippen LogP contribution in [0.5, 0.6) is 0 Å². The van der Waals surface area contributed by atoms with E-state index < -0.39 is 0 Å². The van der Waals surface area contributed by atoms with Crippen molar-refractivity contribution in [2.45, 2.75) is 45.4 Å². The number of nitrogens with zero attached hydrogens (tertiary/aromatic N) is 1. The Morgan fingerprint density at radius 1 is 1.19 bits per heavy atom. The molecule has 0 aromatic heterocycles. The summed E-state index contributed by atoms with van der Waals surface area (Å²) in [7, 11) is 0. The van der Waals surface area contributed by atoms with Crippen LogP contribution in [-0.4, -0.2) is 30.1 Å². The molecule has 1 fully saturated rings. The highest BCUT2D eigenvalue weighted by Gasteiger charge is 2.23. The number of thioether (sulfide) groups is 1. The van der Waals surface area contributed by atoms with E-state index in [0.717, 1.165) is 13.1 Å². The highest BCUT2D eigenvalue weighted by molar-refractivity contribution is 8.00. The predicted octanol–water partition coefficient (Wildman–Crippen LogP) is 4.15. The standard InChI is InChI=1S/C18H30N2S/c1-15(2)13-19-14-16-5-7-17(8-6-16)20-10-9-18(3,4)21-12-11-20/h5-8,15,19H,9-14H2,1-4H3. The minimum Gasteiger partial charge on any atom is -0.371 e. The van der Waals surface area contributed by atoms with Crippen molar-refractivity contribution in [1.29, 1.82) is 0 Å². The van der Waals surface area contributed by atoms with E-state index in [4.69, 9.17) is 0 Å². The number of anilines is 1. The number of nitrogens with one attached hydrogen (secondary N) is 1. The lowest BCUT2D eigenvalue weighted by atomic mass is 10.1. The van der Waals surface area contributed by atoms with E-state index in [9.17, 15) is 0 Å². The van der Waals surface area contributed by atoms with Crippen LogP contribution in [0, 0.1) is 5.92 Å². The van der Waals surface area contributed by atoms with Crippen molar-refractivity contribution in [3.8, 4) is 0 Å². The van der Waals surface area contributed by atoms with Gasteiger partial charge in [0.2, 0.25) is 0 Å². The largest absolute Gasteiger partial charge is 0.371 e. The Morgan fingerprint density at radius 2 is 1.90 bits per heavy atom. The Kier molecular flexibility index (Phi) is 6.00. The van der Waals surface area contributed by atoms with Gasteiger partial charge in [0, 0.05) is 35.8 Å². The maximum Gasteiger partial charge on any atom is 0.0366 e. The number of hydrogen-bond acceptors (Lipinski definition) is 3. The maximum atomic E-state index is 3.50. The summed E-state index contributed by atoms with van der Waals surface area (Å²) in [5.74, 6) is 1.94. The lowest BCUT2D eigenvalue weighted by molar-refractivity contribution is 0.552. The molecule has 0 aliphatic carbocycles. The van der Waals surface area contributed by atoms with Crippen LogP contribution in [0.1, 0.15) is 39.7 Å². The van der Waals surface area contributed by atoms with Gasteiger partial charge >= 0.3 is 0 Å². The van der Waals surface area contributed by atoms with Crippen LogP contribution < -0.4 is 10.2 Å². The second kappa shape index (κ2) is 7.55. The second-order valence-electron chi connectivity index (χ2n) is 7.04. The van der Waals surface area contributed by atoms with Crippen LogP contribution in [-0.2, 0) is 6.54 Å². The molecule has 1 aromatic rings. The highest BCUT2D eigenvalue weighted by atomic mass is 32.2. The molecule has 0 atom stereocenters. The SMILES string of the molecule is CC(C)CNCc1ccc(N2CCSC(C)(C)CC2)cc1. The summed E-state index contributed by atoms with van der Waals surface area (Å²) in [6.07, 6.45) is 1.26. The van der Waals surface area contributed by atoms with Gasteiger partial charge in [0.05, 0.1) is 0 Å². The minimum absolute atomic E-state index is 0.426. The van der Waals surface area contributed by atoms with E-state index in [1.165, 1.54) is 36.5 Å². The van der Waals surface area contributed by atoms with Crippen LogP contribution in [0.25, 0.3) is 0 Å². The zero-order chi connectivity index (χ0) is 15.3. The van der Waals surface area contributed by atoms with Gasteiger partial charge in [0.25, 0.3) is 0 Å². The Labute approximate surface area is 134 Å². The minimum atomic E-state index is 0.426. The van der Waals surface area contributed by atoms with Crippen molar-refractivity contribution in [2.75, 3.05) is 30.3 Å². The van der Waals surface area contributed by atoms with Gasteiger partial charge in [-0.05, 0) is 36.6 Å². The fourth-order valence-electron chi connectivity index (χ4n) is 2.61. The molecular formula is C18H30N2S. The van der Waals surface area contributed by atoms with Crippen LogP contribution in [0.3, 0.4) is 0 Å². The summed E-state index contributed by atoms with van der Waals surface area (Å²) >= 11 is 2.10. The summed E-state index contributed by atoms with van der Waals surface area (Å²) in [4.78, 5) is 2.53. The molecule has 0 amide bonds. The molecule has 1 saturated heterocycles. The molecule has 0 bridgehead atoms. The van der Waals surface area contributed by atoms with Crippen LogP contribution in [0.2, 0.25) is 0 Å². The number of benzene rings is 1. The smallest absolute Gasteiger partial charge is 0.0366 e. The molecule has 21 heavy (non-hydrogen) atoms. The van der Waals surface area contributed by atoms with E-state index in [2.05, 4.69) is 73.9 Å². The Morgan fingerprint density at radius 3 is 2.57 bits per heavy atom. The van der Waals surface area contributed by atoms with E-state index in [1.807, 2.05) is 0 Å². The molecule has 1 N–H and O–H groups in total. The first-order valence-electron chi connectivity index (χ1n) is 8.15. The van der Waals surface area contributed by atoms with Crippen molar-refractivity contribution in [3.05, 3.63) is 29.8 Å². The summed E-state index contributed by atoms with van der Waals surface area (Å²) in [5.41, 5.74) is 2.75. The fraction of sp³-hybridized carbons (Fsp3) is 0.667. The van der Waals surface area contributed by atoms with Gasteiger partial charge in [0.15, 0.2) is 0 Å². The van der Waals surface area contributed by atoms with Gasteiger partial charge in [-0.1, -0.05) is 39.8 Å². The molecule has 0 unspecified atom stereocenters. The van der Waals surface area contributed by atoms with E-state index in [0.29, 0.717) is 10.7 Å². The van der Waals surface area contributed by atoms with Gasteiger partial charge in [-0.25, -0.2) is 0 Å². The molecule has 0 spiro atoms. The molecule has 1 aromatic carbocycles. The molecule has 0 radical (unpaired) electrons. The second-order valence-corrected chi connectivity index (χ2v) is 8.84. The summed E-state index contributed by atoms with van der Waals surface area (Å²) < 4.78 is 0.426. The quantitative estimate of drug-likeness (QED) is 0.879. The summed E-state index contributed by atoms with van der Waals surface area (Å²) in [6, 6.07) is 9.11. The Hall–Kier alpha value is -0.670. The van der Waals surface area contributed by atoms with E-state index >= 15 is 0 Å². The van der Waals surface area contributed by atoms with Gasteiger partial charge in [-0.15, -0.1) is 0 Å². The van der Waals surface area contributed by atoms with E-state index in [1.54, 1.807) is 0 Å². The monoisotopic (exact) mass is 306 g/mol. The zero-order valence-electron chi connectivity index (χ0n) is 14.0. The topological polar surface area (TPSA) is 15.3 Å². The molecule has 3 heteroatoms. The van der Waals surface area contributed by atoms with Gasteiger partial charge < -0.3 is 10.2 Å².